The van der Waals surface area contributed by atoms with Crippen LogP contribution in [-0.2, 0) is 4.79 Å². The van der Waals surface area contributed by atoms with E-state index in [4.69, 9.17) is 23.2 Å². The van der Waals surface area contributed by atoms with Crippen LogP contribution in [0.5, 0.6) is 0 Å². The largest absolute Gasteiger partial charge is 0.344 e. The topological polar surface area (TPSA) is 46.2 Å². The van der Waals surface area contributed by atoms with Crippen LogP contribution in [0.4, 0.5) is 0 Å². The molecule has 0 aromatic heterocycles. The Morgan fingerprint density at radius 1 is 1.21 bits per heavy atom. The first-order chi connectivity index (χ1) is 6.59. The molecule has 0 aliphatic rings. The molecule has 1 rings (SSSR count). The number of carbonyl (C=O) groups is 2. The van der Waals surface area contributed by atoms with Gasteiger partial charge < -0.3 is 5.32 Å². The lowest BCUT2D eigenvalue weighted by atomic mass is 10.2. The highest BCUT2D eigenvalue weighted by Gasteiger charge is 2.05. The van der Waals surface area contributed by atoms with E-state index in [2.05, 4.69) is 5.32 Å². The summed E-state index contributed by atoms with van der Waals surface area (Å²) in [5.74, 6) is -0.351. The van der Waals surface area contributed by atoms with Crippen molar-refractivity contribution in [3.8, 4) is 0 Å². The van der Waals surface area contributed by atoms with Crippen LogP contribution in [-0.4, -0.2) is 17.7 Å². The van der Waals surface area contributed by atoms with Gasteiger partial charge in [-0.25, -0.2) is 0 Å². The zero-order valence-electron chi connectivity index (χ0n) is 7.09. The second kappa shape index (κ2) is 4.98. The molecule has 1 aromatic carbocycles. The van der Waals surface area contributed by atoms with Crippen molar-refractivity contribution in [2.75, 3.05) is 6.54 Å². The molecule has 0 spiro atoms. The number of halogens is 2. The molecule has 0 aliphatic heterocycles. The fourth-order valence-corrected chi connectivity index (χ4v) is 1.05. The fraction of sp³-hybridized carbons (Fsp3) is 0.111. The SMILES string of the molecule is O=C(Cl)CNC(=O)c1ccc(Cl)cc1. The fourth-order valence-electron chi connectivity index (χ4n) is 0.853. The summed E-state index contributed by atoms with van der Waals surface area (Å²) in [6.45, 7) is -0.178. The van der Waals surface area contributed by atoms with E-state index in [-0.39, 0.29) is 12.5 Å². The Kier molecular flexibility index (Phi) is 3.92. The van der Waals surface area contributed by atoms with E-state index in [9.17, 15) is 9.59 Å². The van der Waals surface area contributed by atoms with Gasteiger partial charge in [-0.3, -0.25) is 9.59 Å². The van der Waals surface area contributed by atoms with E-state index in [1.807, 2.05) is 0 Å². The van der Waals surface area contributed by atoms with Crippen LogP contribution in [0.15, 0.2) is 24.3 Å². The number of benzene rings is 1. The van der Waals surface area contributed by atoms with Crippen LogP contribution in [0, 0.1) is 0 Å². The quantitative estimate of drug-likeness (QED) is 0.808. The average Bonchev–Trinajstić information content (AvgIpc) is 2.15. The monoisotopic (exact) mass is 231 g/mol. The summed E-state index contributed by atoms with van der Waals surface area (Å²) < 4.78 is 0. The molecule has 1 N–H and O–H groups in total. The molecule has 74 valence electrons. The van der Waals surface area contributed by atoms with Crippen molar-refractivity contribution in [1.29, 1.82) is 0 Å². The molecule has 3 nitrogen and oxygen atoms in total. The third-order valence-electron chi connectivity index (χ3n) is 1.49. The summed E-state index contributed by atoms with van der Waals surface area (Å²) in [4.78, 5) is 21.7. The van der Waals surface area contributed by atoms with Crippen molar-refractivity contribution in [3.63, 3.8) is 0 Å². The molecule has 1 amide bonds. The Bertz CT molecular complexity index is 348. The maximum Gasteiger partial charge on any atom is 0.251 e. The van der Waals surface area contributed by atoms with Crippen molar-refractivity contribution in [2.24, 2.45) is 0 Å². The molecular weight excluding hydrogens is 225 g/mol. The van der Waals surface area contributed by atoms with E-state index in [0.29, 0.717) is 10.6 Å². The van der Waals surface area contributed by atoms with E-state index >= 15 is 0 Å². The van der Waals surface area contributed by atoms with Crippen molar-refractivity contribution in [3.05, 3.63) is 34.9 Å². The smallest absolute Gasteiger partial charge is 0.251 e. The minimum atomic E-state index is -0.604. The predicted octanol–water partition coefficient (Wildman–Crippen LogP) is 1.84. The molecule has 5 heteroatoms. The predicted molar refractivity (Wildman–Crippen MR) is 54.6 cm³/mol. The van der Waals surface area contributed by atoms with E-state index in [1.54, 1.807) is 24.3 Å². The molecule has 0 saturated carbocycles. The Morgan fingerprint density at radius 2 is 1.79 bits per heavy atom. The molecule has 0 saturated heterocycles. The van der Waals surface area contributed by atoms with Gasteiger partial charge in [0.1, 0.15) is 0 Å². The van der Waals surface area contributed by atoms with Crippen molar-refractivity contribution in [2.45, 2.75) is 0 Å². The van der Waals surface area contributed by atoms with Gasteiger partial charge in [-0.2, -0.15) is 0 Å². The third kappa shape index (κ3) is 3.36. The Labute approximate surface area is 91.0 Å². The molecule has 0 unspecified atom stereocenters. The summed E-state index contributed by atoms with van der Waals surface area (Å²) in [6, 6.07) is 6.32. The van der Waals surface area contributed by atoms with Gasteiger partial charge in [-0.15, -0.1) is 0 Å². The second-order valence-electron chi connectivity index (χ2n) is 2.54. The minimum Gasteiger partial charge on any atom is -0.344 e. The maximum absolute atomic E-state index is 11.3. The lowest BCUT2D eigenvalue weighted by molar-refractivity contribution is -0.110. The van der Waals surface area contributed by atoms with Gasteiger partial charge >= 0.3 is 0 Å². The van der Waals surface area contributed by atoms with Crippen molar-refractivity contribution in [1.82, 2.24) is 5.32 Å². The summed E-state index contributed by atoms with van der Waals surface area (Å²) in [7, 11) is 0. The Balaban J connectivity index is 2.61. The van der Waals surface area contributed by atoms with Crippen molar-refractivity contribution < 1.29 is 9.59 Å². The van der Waals surface area contributed by atoms with Crippen LogP contribution in [0.3, 0.4) is 0 Å². The summed E-state index contributed by atoms with van der Waals surface area (Å²) in [6.07, 6.45) is 0. The van der Waals surface area contributed by atoms with Gasteiger partial charge in [0.15, 0.2) is 0 Å². The third-order valence-corrected chi connectivity index (χ3v) is 1.88. The number of rotatable bonds is 3. The van der Waals surface area contributed by atoms with E-state index < -0.39 is 5.24 Å². The molecule has 0 radical (unpaired) electrons. The highest BCUT2D eigenvalue weighted by molar-refractivity contribution is 6.64. The van der Waals surface area contributed by atoms with Gasteiger partial charge in [-0.1, -0.05) is 11.6 Å². The number of hydrogen-bond acceptors (Lipinski definition) is 2. The van der Waals surface area contributed by atoms with Crippen LogP contribution >= 0.6 is 23.2 Å². The van der Waals surface area contributed by atoms with Gasteiger partial charge in [0.05, 0.1) is 6.54 Å². The van der Waals surface area contributed by atoms with Gasteiger partial charge in [0.25, 0.3) is 5.91 Å². The summed E-state index contributed by atoms with van der Waals surface area (Å²) >= 11 is 10.7. The number of carbonyl (C=O) groups excluding carboxylic acids is 2. The zero-order valence-corrected chi connectivity index (χ0v) is 8.60. The highest BCUT2D eigenvalue weighted by Crippen LogP contribution is 2.09. The van der Waals surface area contributed by atoms with E-state index in [1.165, 1.54) is 0 Å². The summed E-state index contributed by atoms with van der Waals surface area (Å²) in [5.41, 5.74) is 0.437. The lowest BCUT2D eigenvalue weighted by Crippen LogP contribution is -2.27. The van der Waals surface area contributed by atoms with Gasteiger partial charge in [0, 0.05) is 10.6 Å². The molecule has 0 aliphatic carbocycles. The number of amides is 1. The molecular formula is C9H7Cl2NO2. The van der Waals surface area contributed by atoms with Crippen LogP contribution < -0.4 is 5.32 Å². The molecule has 0 bridgehead atoms. The standard InChI is InChI=1S/C9H7Cl2NO2/c10-7-3-1-6(2-4-7)9(14)12-5-8(11)13/h1-4H,5H2,(H,12,14). The first-order valence-corrected chi connectivity index (χ1v) is 4.57. The molecule has 0 fully saturated rings. The van der Waals surface area contributed by atoms with Crippen LogP contribution in [0.25, 0.3) is 0 Å². The average molecular weight is 232 g/mol. The highest BCUT2D eigenvalue weighted by atomic mass is 35.5. The number of nitrogens with one attached hydrogen (secondary N) is 1. The van der Waals surface area contributed by atoms with Gasteiger partial charge in [0.2, 0.25) is 5.24 Å². The second-order valence-corrected chi connectivity index (χ2v) is 3.40. The minimum absolute atomic E-state index is 0.178. The normalized spacial score (nSPS) is 9.57. The summed E-state index contributed by atoms with van der Waals surface area (Å²) in [5, 5.41) is 2.30. The number of hydrogen-bond donors (Lipinski definition) is 1. The molecule has 0 atom stereocenters. The molecule has 14 heavy (non-hydrogen) atoms. The Hall–Kier alpha value is -1.06. The van der Waals surface area contributed by atoms with Crippen LogP contribution in [0.1, 0.15) is 10.4 Å². The zero-order chi connectivity index (χ0) is 10.6. The first kappa shape index (κ1) is 11.0. The van der Waals surface area contributed by atoms with Crippen molar-refractivity contribution >= 4 is 34.4 Å². The van der Waals surface area contributed by atoms with Crippen LogP contribution in [0.2, 0.25) is 5.02 Å². The maximum atomic E-state index is 11.3. The molecule has 0 heterocycles. The molecule has 1 aromatic rings. The first-order valence-electron chi connectivity index (χ1n) is 3.81. The lowest BCUT2D eigenvalue weighted by Gasteiger charge is -2.01. The van der Waals surface area contributed by atoms with E-state index in [0.717, 1.165) is 0 Å². The Morgan fingerprint density at radius 3 is 2.29 bits per heavy atom. The van der Waals surface area contributed by atoms with Gasteiger partial charge in [-0.05, 0) is 35.9 Å².